The Morgan fingerprint density at radius 2 is 1.81 bits per heavy atom. The largest absolute Gasteiger partial charge is 0.370 e. The van der Waals surface area contributed by atoms with E-state index in [0.29, 0.717) is 22.6 Å². The minimum Gasteiger partial charge on any atom is -0.370 e. The number of anilines is 3. The topological polar surface area (TPSA) is 97.4 Å². The SMILES string of the molecule is CCCNc1cc(Nc2ccc(C#N)c(C#N)c2)ncn1. The second-order valence-corrected chi connectivity index (χ2v) is 4.32. The summed E-state index contributed by atoms with van der Waals surface area (Å²) in [7, 11) is 0. The van der Waals surface area contributed by atoms with E-state index in [9.17, 15) is 0 Å². The average molecular weight is 278 g/mol. The number of hydrogen-bond acceptors (Lipinski definition) is 6. The quantitative estimate of drug-likeness (QED) is 0.872. The van der Waals surface area contributed by atoms with Gasteiger partial charge in [-0.3, -0.25) is 0 Å². The van der Waals surface area contributed by atoms with Gasteiger partial charge in [-0.2, -0.15) is 10.5 Å². The molecule has 1 aromatic carbocycles. The van der Waals surface area contributed by atoms with Crippen molar-refractivity contribution in [2.75, 3.05) is 17.2 Å². The summed E-state index contributed by atoms with van der Waals surface area (Å²) >= 11 is 0. The minimum absolute atomic E-state index is 0.334. The van der Waals surface area contributed by atoms with Gasteiger partial charge in [-0.05, 0) is 24.6 Å². The number of aromatic nitrogens is 2. The Hall–Kier alpha value is -3.12. The molecule has 0 spiro atoms. The van der Waals surface area contributed by atoms with E-state index in [0.717, 1.165) is 18.8 Å². The molecule has 0 saturated carbocycles. The van der Waals surface area contributed by atoms with Crippen LogP contribution in [0.2, 0.25) is 0 Å². The van der Waals surface area contributed by atoms with Crippen molar-refractivity contribution in [3.8, 4) is 12.1 Å². The number of nitriles is 2. The Morgan fingerprint density at radius 1 is 1.05 bits per heavy atom. The molecule has 0 unspecified atom stereocenters. The summed E-state index contributed by atoms with van der Waals surface area (Å²) in [6.45, 7) is 2.92. The maximum Gasteiger partial charge on any atom is 0.135 e. The zero-order valence-corrected chi connectivity index (χ0v) is 11.6. The number of nitrogens with zero attached hydrogens (tertiary/aromatic N) is 4. The molecule has 2 rings (SSSR count). The van der Waals surface area contributed by atoms with Gasteiger partial charge in [-0.15, -0.1) is 0 Å². The maximum atomic E-state index is 9.02. The number of hydrogen-bond donors (Lipinski definition) is 2. The number of benzene rings is 1. The van der Waals surface area contributed by atoms with Crippen LogP contribution in [0.3, 0.4) is 0 Å². The highest BCUT2D eigenvalue weighted by molar-refractivity contribution is 5.63. The summed E-state index contributed by atoms with van der Waals surface area (Å²) in [5.41, 5.74) is 1.39. The van der Waals surface area contributed by atoms with Crippen molar-refractivity contribution in [1.82, 2.24) is 9.97 Å². The van der Waals surface area contributed by atoms with Crippen molar-refractivity contribution in [2.24, 2.45) is 0 Å². The second-order valence-electron chi connectivity index (χ2n) is 4.32. The van der Waals surface area contributed by atoms with Crippen molar-refractivity contribution in [2.45, 2.75) is 13.3 Å². The zero-order chi connectivity index (χ0) is 15.1. The van der Waals surface area contributed by atoms with Crippen LogP contribution in [-0.4, -0.2) is 16.5 Å². The first kappa shape index (κ1) is 14.3. The molecule has 0 fully saturated rings. The lowest BCUT2D eigenvalue weighted by Gasteiger charge is -2.08. The van der Waals surface area contributed by atoms with Crippen LogP contribution in [-0.2, 0) is 0 Å². The second kappa shape index (κ2) is 6.88. The van der Waals surface area contributed by atoms with Crippen LogP contribution in [0.15, 0.2) is 30.6 Å². The standard InChI is InChI=1S/C15H14N6/c1-2-5-18-14-7-15(20-10-19-14)21-13-4-3-11(8-16)12(6-13)9-17/h3-4,6-7,10H,2,5H2,1H3,(H2,18,19,20,21). The van der Waals surface area contributed by atoms with Crippen LogP contribution in [0.4, 0.5) is 17.3 Å². The van der Waals surface area contributed by atoms with Gasteiger partial charge in [0.2, 0.25) is 0 Å². The fourth-order valence-corrected chi connectivity index (χ4v) is 1.74. The smallest absolute Gasteiger partial charge is 0.135 e. The highest BCUT2D eigenvalue weighted by atomic mass is 15.1. The summed E-state index contributed by atoms with van der Waals surface area (Å²) in [4.78, 5) is 8.25. The molecular weight excluding hydrogens is 264 g/mol. The van der Waals surface area contributed by atoms with Gasteiger partial charge in [0, 0.05) is 18.3 Å². The van der Waals surface area contributed by atoms with Crippen molar-refractivity contribution in [1.29, 1.82) is 10.5 Å². The first-order chi connectivity index (χ1) is 10.3. The van der Waals surface area contributed by atoms with Crippen molar-refractivity contribution in [3.05, 3.63) is 41.7 Å². The molecule has 0 atom stereocenters. The molecule has 1 aromatic heterocycles. The van der Waals surface area contributed by atoms with Crippen molar-refractivity contribution < 1.29 is 0 Å². The molecule has 104 valence electrons. The summed E-state index contributed by atoms with van der Waals surface area (Å²) in [5, 5.41) is 24.2. The third-order valence-electron chi connectivity index (χ3n) is 2.76. The van der Waals surface area contributed by atoms with E-state index in [1.165, 1.54) is 6.33 Å². The summed E-state index contributed by atoms with van der Waals surface area (Å²) < 4.78 is 0. The van der Waals surface area contributed by atoms with Gasteiger partial charge >= 0.3 is 0 Å². The first-order valence-electron chi connectivity index (χ1n) is 6.54. The first-order valence-corrected chi connectivity index (χ1v) is 6.54. The monoisotopic (exact) mass is 278 g/mol. The van der Waals surface area contributed by atoms with Gasteiger partial charge < -0.3 is 10.6 Å². The lowest BCUT2D eigenvalue weighted by molar-refractivity contribution is 0.965. The average Bonchev–Trinajstić information content (AvgIpc) is 2.53. The lowest BCUT2D eigenvalue weighted by Crippen LogP contribution is -2.03. The molecular formula is C15H14N6. The van der Waals surface area contributed by atoms with E-state index in [2.05, 4.69) is 27.5 Å². The van der Waals surface area contributed by atoms with E-state index in [1.807, 2.05) is 12.1 Å². The van der Waals surface area contributed by atoms with Gasteiger partial charge in [0.25, 0.3) is 0 Å². The molecule has 0 bridgehead atoms. The molecule has 0 aliphatic rings. The highest BCUT2D eigenvalue weighted by Crippen LogP contribution is 2.19. The summed E-state index contributed by atoms with van der Waals surface area (Å²) in [6, 6.07) is 10.8. The van der Waals surface area contributed by atoms with E-state index in [1.54, 1.807) is 24.3 Å². The predicted octanol–water partition coefficient (Wildman–Crippen LogP) is 2.79. The van der Waals surface area contributed by atoms with Crippen LogP contribution >= 0.6 is 0 Å². The van der Waals surface area contributed by atoms with Crippen molar-refractivity contribution in [3.63, 3.8) is 0 Å². The molecule has 2 aromatic rings. The summed E-state index contributed by atoms with van der Waals surface area (Å²) in [6.07, 6.45) is 2.48. The fraction of sp³-hybridized carbons (Fsp3) is 0.200. The lowest BCUT2D eigenvalue weighted by atomic mass is 10.1. The molecule has 2 N–H and O–H groups in total. The Labute approximate surface area is 123 Å². The van der Waals surface area contributed by atoms with Crippen LogP contribution in [0, 0.1) is 22.7 Å². The Kier molecular flexibility index (Phi) is 4.68. The van der Waals surface area contributed by atoms with E-state index in [4.69, 9.17) is 10.5 Å². The minimum atomic E-state index is 0.334. The number of nitrogens with one attached hydrogen (secondary N) is 2. The third-order valence-corrected chi connectivity index (χ3v) is 2.76. The normalized spacial score (nSPS) is 9.48. The molecule has 0 saturated heterocycles. The van der Waals surface area contributed by atoms with Crippen LogP contribution in [0.1, 0.15) is 24.5 Å². The highest BCUT2D eigenvalue weighted by Gasteiger charge is 2.04. The van der Waals surface area contributed by atoms with Gasteiger partial charge in [0.1, 0.15) is 30.1 Å². The van der Waals surface area contributed by atoms with Crippen LogP contribution in [0.25, 0.3) is 0 Å². The fourth-order valence-electron chi connectivity index (χ4n) is 1.74. The van der Waals surface area contributed by atoms with Gasteiger partial charge in [0.05, 0.1) is 11.1 Å². The molecule has 0 aliphatic heterocycles. The zero-order valence-electron chi connectivity index (χ0n) is 11.6. The van der Waals surface area contributed by atoms with Gasteiger partial charge in [-0.25, -0.2) is 9.97 Å². The molecule has 6 nitrogen and oxygen atoms in total. The van der Waals surface area contributed by atoms with E-state index >= 15 is 0 Å². The molecule has 0 radical (unpaired) electrons. The Morgan fingerprint density at radius 3 is 2.52 bits per heavy atom. The Balaban J connectivity index is 2.19. The predicted molar refractivity (Wildman–Crippen MR) is 80.0 cm³/mol. The van der Waals surface area contributed by atoms with Crippen LogP contribution in [0.5, 0.6) is 0 Å². The van der Waals surface area contributed by atoms with Crippen molar-refractivity contribution >= 4 is 17.3 Å². The van der Waals surface area contributed by atoms with E-state index < -0.39 is 0 Å². The molecule has 1 heterocycles. The molecule has 0 aliphatic carbocycles. The summed E-state index contributed by atoms with van der Waals surface area (Å²) in [5.74, 6) is 1.36. The van der Waals surface area contributed by atoms with E-state index in [-0.39, 0.29) is 0 Å². The molecule has 21 heavy (non-hydrogen) atoms. The van der Waals surface area contributed by atoms with Crippen LogP contribution < -0.4 is 10.6 Å². The Bertz CT molecular complexity index is 711. The van der Waals surface area contributed by atoms with Gasteiger partial charge in [-0.1, -0.05) is 6.92 Å². The molecule has 0 amide bonds. The molecule has 6 heteroatoms. The number of rotatable bonds is 5. The van der Waals surface area contributed by atoms with Gasteiger partial charge in [0.15, 0.2) is 0 Å². The maximum absolute atomic E-state index is 9.02. The third kappa shape index (κ3) is 3.68.